The fourth-order valence-corrected chi connectivity index (χ4v) is 2.00. The van der Waals surface area contributed by atoms with Gasteiger partial charge < -0.3 is 10.4 Å². The van der Waals surface area contributed by atoms with Gasteiger partial charge in [-0.2, -0.15) is 5.10 Å². The second-order valence-electron chi connectivity index (χ2n) is 4.67. The first-order valence-corrected chi connectivity index (χ1v) is 6.62. The highest BCUT2D eigenvalue weighted by Gasteiger charge is 2.13. The predicted octanol–water partition coefficient (Wildman–Crippen LogP) is 1.56. The summed E-state index contributed by atoms with van der Waals surface area (Å²) in [4.78, 5) is 16.0. The molecule has 0 unspecified atom stereocenters. The zero-order chi connectivity index (χ0) is 15.4. The van der Waals surface area contributed by atoms with Gasteiger partial charge in [0.25, 0.3) is 5.91 Å². The molecule has 7 heteroatoms. The van der Waals surface area contributed by atoms with E-state index in [-0.39, 0.29) is 5.56 Å². The van der Waals surface area contributed by atoms with Crippen molar-refractivity contribution in [1.29, 1.82) is 0 Å². The number of hydrogen-bond donors (Lipinski definition) is 2. The van der Waals surface area contributed by atoms with E-state index in [2.05, 4.69) is 15.4 Å². The summed E-state index contributed by atoms with van der Waals surface area (Å²) in [5.41, 5.74) is -0.0669. The van der Waals surface area contributed by atoms with Crippen molar-refractivity contribution in [3.8, 4) is 5.75 Å². The highest BCUT2D eigenvalue weighted by Crippen LogP contribution is 2.20. The van der Waals surface area contributed by atoms with Crippen molar-refractivity contribution >= 4 is 5.91 Å². The third-order valence-electron chi connectivity index (χ3n) is 3.03. The number of nitrogens with zero attached hydrogens (tertiary/aromatic N) is 3. The third-order valence-corrected chi connectivity index (χ3v) is 3.03. The summed E-state index contributed by atoms with van der Waals surface area (Å²) in [6.45, 7) is 4.70. The Balaban J connectivity index is 1.85. The monoisotopic (exact) mass is 292 g/mol. The lowest BCUT2D eigenvalue weighted by atomic mass is 10.2. The zero-order valence-corrected chi connectivity index (χ0v) is 11.9. The van der Waals surface area contributed by atoms with Gasteiger partial charge in [-0.3, -0.25) is 9.48 Å². The number of aromatic nitrogens is 3. The second kappa shape index (κ2) is 6.34. The fraction of sp³-hybridized carbons (Fsp3) is 0.357. The molecule has 1 heterocycles. The molecule has 112 valence electrons. The van der Waals surface area contributed by atoms with E-state index in [9.17, 15) is 14.3 Å². The van der Waals surface area contributed by atoms with E-state index in [1.54, 1.807) is 4.68 Å². The standard InChI is InChI=1S/C14H17FN4O2/c1-9-17-10(2)19(18-9)8-4-7-16-14(21)11-5-3-6-12(15)13(11)20/h3,5-6,20H,4,7-8H2,1-2H3,(H,16,21). The number of rotatable bonds is 5. The van der Waals surface area contributed by atoms with E-state index in [4.69, 9.17) is 0 Å². The number of aryl methyl sites for hydroxylation is 3. The summed E-state index contributed by atoms with van der Waals surface area (Å²) in [6, 6.07) is 3.85. The minimum Gasteiger partial charge on any atom is -0.504 e. The SMILES string of the molecule is Cc1nc(C)n(CCCNC(=O)c2cccc(F)c2O)n1. The van der Waals surface area contributed by atoms with E-state index in [0.29, 0.717) is 25.3 Å². The summed E-state index contributed by atoms with van der Waals surface area (Å²) < 4.78 is 14.9. The highest BCUT2D eigenvalue weighted by atomic mass is 19.1. The number of carbonyl (C=O) groups excluding carboxylic acids is 1. The van der Waals surface area contributed by atoms with Crippen molar-refractivity contribution in [1.82, 2.24) is 20.1 Å². The molecular weight excluding hydrogens is 275 g/mol. The molecule has 1 aromatic heterocycles. The molecule has 0 radical (unpaired) electrons. The average molecular weight is 292 g/mol. The number of benzene rings is 1. The number of amides is 1. The van der Waals surface area contributed by atoms with Crippen molar-refractivity contribution in [3.63, 3.8) is 0 Å². The molecule has 0 saturated heterocycles. The molecule has 0 spiro atoms. The lowest BCUT2D eigenvalue weighted by Crippen LogP contribution is -2.25. The van der Waals surface area contributed by atoms with Crippen LogP contribution in [0.2, 0.25) is 0 Å². The minimum atomic E-state index is -0.809. The Morgan fingerprint density at radius 3 is 2.86 bits per heavy atom. The molecule has 21 heavy (non-hydrogen) atoms. The molecule has 2 N–H and O–H groups in total. The maximum atomic E-state index is 13.1. The molecule has 0 atom stereocenters. The number of aromatic hydroxyl groups is 1. The van der Waals surface area contributed by atoms with Crippen molar-refractivity contribution in [2.24, 2.45) is 0 Å². The Hall–Kier alpha value is -2.44. The van der Waals surface area contributed by atoms with Gasteiger partial charge in [-0.05, 0) is 32.4 Å². The fourth-order valence-electron chi connectivity index (χ4n) is 2.00. The van der Waals surface area contributed by atoms with Crippen molar-refractivity contribution in [3.05, 3.63) is 41.2 Å². The Kier molecular flexibility index (Phi) is 4.52. The maximum Gasteiger partial charge on any atom is 0.255 e. The summed E-state index contributed by atoms with van der Waals surface area (Å²) in [5.74, 6) is -0.407. The lowest BCUT2D eigenvalue weighted by molar-refractivity contribution is 0.0949. The molecule has 0 saturated carbocycles. The molecule has 0 aliphatic heterocycles. The van der Waals surface area contributed by atoms with Gasteiger partial charge in [0, 0.05) is 13.1 Å². The topological polar surface area (TPSA) is 80.0 Å². The second-order valence-corrected chi connectivity index (χ2v) is 4.67. The predicted molar refractivity (Wildman–Crippen MR) is 74.5 cm³/mol. The molecular formula is C14H17FN4O2. The van der Waals surface area contributed by atoms with Gasteiger partial charge in [-0.25, -0.2) is 9.37 Å². The first kappa shape index (κ1) is 15.0. The van der Waals surface area contributed by atoms with Crippen molar-refractivity contribution < 1.29 is 14.3 Å². The number of hydrogen-bond acceptors (Lipinski definition) is 4. The largest absolute Gasteiger partial charge is 0.504 e. The first-order chi connectivity index (χ1) is 9.99. The number of carbonyl (C=O) groups is 1. The van der Waals surface area contributed by atoms with Crippen LogP contribution in [-0.2, 0) is 6.54 Å². The van der Waals surface area contributed by atoms with Gasteiger partial charge in [0.05, 0.1) is 5.56 Å². The maximum absolute atomic E-state index is 13.1. The Morgan fingerprint density at radius 2 is 2.19 bits per heavy atom. The van der Waals surface area contributed by atoms with Gasteiger partial charge in [-0.15, -0.1) is 0 Å². The molecule has 1 aromatic carbocycles. The summed E-state index contributed by atoms with van der Waals surface area (Å²) in [7, 11) is 0. The number of halogens is 1. The van der Waals surface area contributed by atoms with Crippen molar-refractivity contribution in [2.75, 3.05) is 6.54 Å². The van der Waals surface area contributed by atoms with Crippen LogP contribution >= 0.6 is 0 Å². The van der Waals surface area contributed by atoms with Crippen LogP contribution in [0.5, 0.6) is 5.75 Å². The zero-order valence-electron chi connectivity index (χ0n) is 11.9. The average Bonchev–Trinajstić information content (AvgIpc) is 2.76. The van der Waals surface area contributed by atoms with E-state index < -0.39 is 17.5 Å². The van der Waals surface area contributed by atoms with E-state index >= 15 is 0 Å². The first-order valence-electron chi connectivity index (χ1n) is 6.62. The molecule has 6 nitrogen and oxygen atoms in total. The normalized spacial score (nSPS) is 10.6. The quantitative estimate of drug-likeness (QED) is 0.820. The van der Waals surface area contributed by atoms with Crippen LogP contribution in [0, 0.1) is 19.7 Å². The summed E-state index contributed by atoms with van der Waals surface area (Å²) in [6.07, 6.45) is 0.658. The summed E-state index contributed by atoms with van der Waals surface area (Å²) >= 11 is 0. The van der Waals surface area contributed by atoms with Crippen LogP contribution < -0.4 is 5.32 Å². The van der Waals surface area contributed by atoms with Crippen LogP contribution in [0.3, 0.4) is 0 Å². The van der Waals surface area contributed by atoms with E-state index in [1.807, 2.05) is 13.8 Å². The molecule has 2 aromatic rings. The van der Waals surface area contributed by atoms with Crippen LogP contribution in [0.4, 0.5) is 4.39 Å². The van der Waals surface area contributed by atoms with Crippen LogP contribution in [-0.4, -0.2) is 32.3 Å². The van der Waals surface area contributed by atoms with Gasteiger partial charge in [-0.1, -0.05) is 6.07 Å². The molecule has 1 amide bonds. The summed E-state index contributed by atoms with van der Waals surface area (Å²) in [5, 5.41) is 16.3. The smallest absolute Gasteiger partial charge is 0.255 e. The Bertz CT molecular complexity index is 654. The van der Waals surface area contributed by atoms with E-state index in [1.165, 1.54) is 12.1 Å². The van der Waals surface area contributed by atoms with Crippen LogP contribution in [0.25, 0.3) is 0 Å². The molecule has 0 aliphatic carbocycles. The Labute approximate surface area is 121 Å². The Morgan fingerprint density at radius 1 is 1.43 bits per heavy atom. The molecule has 0 aliphatic rings. The minimum absolute atomic E-state index is 0.0669. The van der Waals surface area contributed by atoms with Gasteiger partial charge in [0.2, 0.25) is 0 Å². The van der Waals surface area contributed by atoms with Gasteiger partial charge >= 0.3 is 0 Å². The highest BCUT2D eigenvalue weighted by molar-refractivity contribution is 5.96. The van der Waals surface area contributed by atoms with Gasteiger partial charge in [0.15, 0.2) is 11.6 Å². The molecule has 2 rings (SSSR count). The van der Waals surface area contributed by atoms with E-state index in [0.717, 1.165) is 11.9 Å². The number of nitrogens with one attached hydrogen (secondary N) is 1. The van der Waals surface area contributed by atoms with Crippen LogP contribution in [0.15, 0.2) is 18.2 Å². The number of phenols is 1. The number of phenolic OH excluding ortho intramolecular Hbond substituents is 1. The number of para-hydroxylation sites is 1. The third kappa shape index (κ3) is 3.56. The molecule has 0 bridgehead atoms. The van der Waals surface area contributed by atoms with Crippen LogP contribution in [0.1, 0.15) is 28.4 Å². The lowest BCUT2D eigenvalue weighted by Gasteiger charge is -2.07. The van der Waals surface area contributed by atoms with Gasteiger partial charge in [0.1, 0.15) is 11.6 Å². The van der Waals surface area contributed by atoms with Crippen molar-refractivity contribution in [2.45, 2.75) is 26.8 Å². The molecule has 0 fully saturated rings.